The lowest BCUT2D eigenvalue weighted by atomic mass is 10.1. The summed E-state index contributed by atoms with van der Waals surface area (Å²) in [5.74, 6) is -0.930. The number of ether oxygens (including phenoxy) is 1. The van der Waals surface area contributed by atoms with Gasteiger partial charge in [-0.3, -0.25) is 14.9 Å². The van der Waals surface area contributed by atoms with Crippen LogP contribution in [-0.2, 0) is 4.74 Å². The molecule has 1 saturated heterocycles. The van der Waals surface area contributed by atoms with Crippen molar-refractivity contribution in [2.75, 3.05) is 30.4 Å². The highest BCUT2D eigenvalue weighted by molar-refractivity contribution is 6.05. The fraction of sp³-hybridized carbons (Fsp3) is 0.300. The van der Waals surface area contributed by atoms with E-state index < -0.39 is 16.8 Å². The number of hydrogen-bond donors (Lipinski definition) is 1. The zero-order chi connectivity index (χ0) is 20.1. The summed E-state index contributed by atoms with van der Waals surface area (Å²) in [6.07, 6.45) is 3.13. The molecule has 0 spiro atoms. The fourth-order valence-corrected chi connectivity index (χ4v) is 3.22. The van der Waals surface area contributed by atoms with Crippen molar-refractivity contribution in [1.29, 1.82) is 0 Å². The second kappa shape index (κ2) is 8.51. The summed E-state index contributed by atoms with van der Waals surface area (Å²) >= 11 is 0. The van der Waals surface area contributed by atoms with Gasteiger partial charge in [0.2, 0.25) is 0 Å². The second-order valence-electron chi connectivity index (χ2n) is 6.53. The van der Waals surface area contributed by atoms with Crippen LogP contribution in [0, 0.1) is 10.1 Å². The van der Waals surface area contributed by atoms with Crippen molar-refractivity contribution in [2.24, 2.45) is 0 Å². The molecule has 1 aliphatic heterocycles. The van der Waals surface area contributed by atoms with Gasteiger partial charge in [0.05, 0.1) is 17.6 Å². The van der Waals surface area contributed by atoms with E-state index in [1.165, 1.54) is 25.3 Å². The number of amides is 1. The zero-order valence-electron chi connectivity index (χ0n) is 15.5. The van der Waals surface area contributed by atoms with Gasteiger partial charge >= 0.3 is 5.97 Å². The molecule has 2 aromatic rings. The van der Waals surface area contributed by atoms with Gasteiger partial charge in [-0.1, -0.05) is 0 Å². The van der Waals surface area contributed by atoms with Crippen molar-refractivity contribution in [2.45, 2.75) is 19.3 Å². The number of nitro benzene ring substituents is 1. The lowest BCUT2D eigenvalue weighted by Gasteiger charge is -2.28. The van der Waals surface area contributed by atoms with Crippen molar-refractivity contribution < 1.29 is 19.2 Å². The molecule has 8 nitrogen and oxygen atoms in total. The third-order valence-corrected chi connectivity index (χ3v) is 4.69. The first-order chi connectivity index (χ1) is 13.5. The van der Waals surface area contributed by atoms with Gasteiger partial charge in [-0.2, -0.15) is 0 Å². The molecule has 0 atom stereocenters. The minimum atomic E-state index is -0.471. The van der Waals surface area contributed by atoms with E-state index in [2.05, 4.69) is 10.1 Å². The highest BCUT2D eigenvalue weighted by atomic mass is 16.6. The number of rotatable bonds is 5. The lowest BCUT2D eigenvalue weighted by Crippen LogP contribution is -2.30. The smallest absolute Gasteiger partial charge is 0.337 e. The van der Waals surface area contributed by atoms with Gasteiger partial charge < -0.3 is 15.0 Å². The molecule has 1 fully saturated rings. The van der Waals surface area contributed by atoms with Crippen LogP contribution < -0.4 is 10.2 Å². The highest BCUT2D eigenvalue weighted by Gasteiger charge is 2.23. The largest absolute Gasteiger partial charge is 0.465 e. The van der Waals surface area contributed by atoms with Crippen LogP contribution in [0.3, 0.4) is 0 Å². The summed E-state index contributed by atoms with van der Waals surface area (Å²) in [5, 5.41) is 14.2. The molecule has 0 bridgehead atoms. The van der Waals surface area contributed by atoms with Gasteiger partial charge in [0.25, 0.3) is 11.6 Å². The first-order valence-electron chi connectivity index (χ1n) is 9.02. The molecule has 0 aliphatic carbocycles. The van der Waals surface area contributed by atoms with Crippen molar-refractivity contribution in [3.63, 3.8) is 0 Å². The summed E-state index contributed by atoms with van der Waals surface area (Å²) in [6, 6.07) is 10.7. The molecular weight excluding hydrogens is 362 g/mol. The minimum absolute atomic E-state index is 0.0735. The molecule has 1 aliphatic rings. The molecule has 146 valence electrons. The maximum atomic E-state index is 12.5. The quantitative estimate of drug-likeness (QED) is 0.481. The Morgan fingerprint density at radius 1 is 1.04 bits per heavy atom. The average molecular weight is 383 g/mol. The third kappa shape index (κ3) is 4.28. The van der Waals surface area contributed by atoms with E-state index in [0.29, 0.717) is 16.9 Å². The number of anilines is 2. The van der Waals surface area contributed by atoms with Gasteiger partial charge in [-0.15, -0.1) is 0 Å². The number of nitrogens with zero attached hydrogens (tertiary/aromatic N) is 2. The second-order valence-corrected chi connectivity index (χ2v) is 6.53. The van der Waals surface area contributed by atoms with E-state index in [0.717, 1.165) is 32.4 Å². The fourth-order valence-electron chi connectivity index (χ4n) is 3.22. The molecule has 0 aromatic heterocycles. The lowest BCUT2D eigenvalue weighted by molar-refractivity contribution is -0.384. The van der Waals surface area contributed by atoms with Gasteiger partial charge in [0, 0.05) is 30.4 Å². The van der Waals surface area contributed by atoms with E-state index in [4.69, 9.17) is 0 Å². The molecule has 0 saturated carbocycles. The van der Waals surface area contributed by atoms with Crippen LogP contribution in [0.5, 0.6) is 0 Å². The summed E-state index contributed by atoms with van der Waals surface area (Å²) in [5.41, 5.74) is 1.51. The number of piperidine rings is 1. The normalized spacial score (nSPS) is 13.7. The Bertz CT molecular complexity index is 889. The number of benzene rings is 2. The predicted molar refractivity (Wildman–Crippen MR) is 105 cm³/mol. The standard InChI is InChI=1S/C20H21N3O5/c1-28-20(25)14-5-8-16(9-6-14)21-19(24)15-7-10-17(18(13-15)23(26)27)22-11-3-2-4-12-22/h5-10,13H,2-4,11-12H2,1H3,(H,21,24). The van der Waals surface area contributed by atoms with E-state index in [1.807, 2.05) is 4.90 Å². The maximum Gasteiger partial charge on any atom is 0.337 e. The number of hydrogen-bond acceptors (Lipinski definition) is 6. The number of nitro groups is 1. The van der Waals surface area contributed by atoms with Crippen LogP contribution in [-0.4, -0.2) is 37.0 Å². The molecule has 3 rings (SSSR count). The average Bonchev–Trinajstić information content (AvgIpc) is 2.73. The Morgan fingerprint density at radius 3 is 2.29 bits per heavy atom. The molecule has 8 heteroatoms. The Hall–Kier alpha value is -3.42. The van der Waals surface area contributed by atoms with Crippen LogP contribution in [0.1, 0.15) is 40.0 Å². The maximum absolute atomic E-state index is 12.5. The first kappa shape index (κ1) is 19.3. The Labute approximate surface area is 162 Å². The van der Waals surface area contributed by atoms with Crippen molar-refractivity contribution >= 4 is 28.9 Å². The number of esters is 1. The summed E-state index contributed by atoms with van der Waals surface area (Å²) in [4.78, 5) is 37.0. The topological polar surface area (TPSA) is 102 Å². The summed E-state index contributed by atoms with van der Waals surface area (Å²) in [6.45, 7) is 1.55. The summed E-state index contributed by atoms with van der Waals surface area (Å²) in [7, 11) is 1.29. The number of nitrogens with one attached hydrogen (secondary N) is 1. The van der Waals surface area contributed by atoms with Crippen molar-refractivity contribution in [3.05, 3.63) is 63.7 Å². The van der Waals surface area contributed by atoms with Crippen LogP contribution in [0.2, 0.25) is 0 Å². The molecule has 0 unspecified atom stereocenters. The predicted octanol–water partition coefficient (Wildman–Crippen LogP) is 3.62. The van der Waals surface area contributed by atoms with Gasteiger partial charge in [-0.25, -0.2) is 4.79 Å². The molecule has 1 amide bonds. The molecule has 28 heavy (non-hydrogen) atoms. The Morgan fingerprint density at radius 2 is 1.68 bits per heavy atom. The van der Waals surface area contributed by atoms with E-state index in [1.54, 1.807) is 24.3 Å². The minimum Gasteiger partial charge on any atom is -0.465 e. The third-order valence-electron chi connectivity index (χ3n) is 4.69. The number of carbonyl (C=O) groups is 2. The van der Waals surface area contributed by atoms with Crippen LogP contribution in [0.15, 0.2) is 42.5 Å². The highest BCUT2D eigenvalue weighted by Crippen LogP contribution is 2.31. The van der Waals surface area contributed by atoms with Gasteiger partial charge in [-0.05, 0) is 55.7 Å². The molecule has 1 N–H and O–H groups in total. The first-order valence-corrected chi connectivity index (χ1v) is 9.02. The van der Waals surface area contributed by atoms with E-state index in [-0.39, 0.29) is 11.3 Å². The van der Waals surface area contributed by atoms with Crippen molar-refractivity contribution in [3.8, 4) is 0 Å². The van der Waals surface area contributed by atoms with E-state index >= 15 is 0 Å². The molecule has 1 heterocycles. The monoisotopic (exact) mass is 383 g/mol. The zero-order valence-corrected chi connectivity index (χ0v) is 15.5. The van der Waals surface area contributed by atoms with Crippen LogP contribution in [0.25, 0.3) is 0 Å². The van der Waals surface area contributed by atoms with Gasteiger partial charge in [0.1, 0.15) is 5.69 Å². The van der Waals surface area contributed by atoms with Crippen molar-refractivity contribution in [1.82, 2.24) is 0 Å². The summed E-state index contributed by atoms with van der Waals surface area (Å²) < 4.78 is 4.63. The Kier molecular flexibility index (Phi) is 5.88. The molecule has 2 aromatic carbocycles. The SMILES string of the molecule is COC(=O)c1ccc(NC(=O)c2ccc(N3CCCCC3)c([N+](=O)[O-])c2)cc1. The van der Waals surface area contributed by atoms with E-state index in [9.17, 15) is 19.7 Å². The van der Waals surface area contributed by atoms with Crippen LogP contribution >= 0.6 is 0 Å². The number of methoxy groups -OCH3 is 1. The van der Waals surface area contributed by atoms with Crippen LogP contribution in [0.4, 0.5) is 17.1 Å². The Balaban J connectivity index is 1.78. The molecular formula is C20H21N3O5. The number of carbonyl (C=O) groups excluding carboxylic acids is 2. The molecule has 0 radical (unpaired) electrons. The van der Waals surface area contributed by atoms with Gasteiger partial charge in [0.15, 0.2) is 0 Å².